The Kier molecular flexibility index (Phi) is 8.56. The van der Waals surface area contributed by atoms with Crippen molar-refractivity contribution in [1.29, 1.82) is 0 Å². The second-order valence-corrected chi connectivity index (χ2v) is 13.5. The number of aryl methyl sites for hydroxylation is 1. The van der Waals surface area contributed by atoms with Crippen molar-refractivity contribution in [3.8, 4) is 22.2 Å². The zero-order valence-electron chi connectivity index (χ0n) is 26.2. The third kappa shape index (κ3) is 6.02. The number of hydrogen-bond donors (Lipinski definition) is 2. The zero-order chi connectivity index (χ0) is 31.9. The summed E-state index contributed by atoms with van der Waals surface area (Å²) in [4.78, 5) is 50.8. The minimum Gasteiger partial charge on any atom is -0.496 e. The second-order valence-electron chi connectivity index (χ2n) is 12.7. The first-order valence-electron chi connectivity index (χ1n) is 15.7. The number of rotatable bonds is 6. The maximum Gasteiger partial charge on any atom is 0.330 e. The fourth-order valence-electron chi connectivity index (χ4n) is 6.45. The van der Waals surface area contributed by atoms with Crippen LogP contribution in [0.25, 0.3) is 21.6 Å². The molecule has 11 heteroatoms. The van der Waals surface area contributed by atoms with Gasteiger partial charge in [-0.2, -0.15) is 0 Å². The number of amides is 2. The molecule has 4 atom stereocenters. The number of benzene rings is 1. The quantitative estimate of drug-likeness (QED) is 0.335. The normalized spacial score (nSPS) is 26.2. The number of hydrogen-bond acceptors (Lipinski definition) is 8. The summed E-state index contributed by atoms with van der Waals surface area (Å²) in [6.07, 6.45) is 7.72. The van der Waals surface area contributed by atoms with E-state index in [2.05, 4.69) is 19.2 Å². The van der Waals surface area contributed by atoms with Gasteiger partial charge in [0, 0.05) is 41.2 Å². The minimum absolute atomic E-state index is 0.115. The highest BCUT2D eigenvalue weighted by Gasteiger charge is 2.61. The molecule has 0 bridgehead atoms. The summed E-state index contributed by atoms with van der Waals surface area (Å²) < 4.78 is 12.2. The SMILES string of the molecule is COc1ccc2c(OC3CC4C(=O)NC5(C(=O)O)CC5/C=C/CCCCCC(=O)N4C3)cc(-c3nc(C(C)C)cs3)nc2c1C. The van der Waals surface area contributed by atoms with Crippen molar-refractivity contribution in [2.75, 3.05) is 13.7 Å². The molecule has 3 aliphatic rings. The number of pyridine rings is 1. The average molecular weight is 633 g/mol. The highest BCUT2D eigenvalue weighted by atomic mass is 32.1. The van der Waals surface area contributed by atoms with Crippen molar-refractivity contribution in [3.05, 3.63) is 47.0 Å². The first-order chi connectivity index (χ1) is 21.6. The molecule has 2 N–H and O–H groups in total. The molecule has 2 fully saturated rings. The van der Waals surface area contributed by atoms with Gasteiger partial charge in [-0.3, -0.25) is 9.59 Å². The predicted molar refractivity (Wildman–Crippen MR) is 172 cm³/mol. The molecule has 0 radical (unpaired) electrons. The van der Waals surface area contributed by atoms with Crippen LogP contribution >= 0.6 is 11.3 Å². The van der Waals surface area contributed by atoms with Gasteiger partial charge in [-0.15, -0.1) is 11.3 Å². The standard InChI is InChI=1S/C34H40N4O6S/c1-19(2)25-18-45-32(36-25)24-15-28(23-12-13-27(43-4)20(3)30(23)35-24)44-22-14-26-31(40)37-34(33(41)42)16-21(34)10-8-6-5-7-9-11-29(39)38(26)17-22/h8,10,12-13,15,18-19,21-22,26H,5-7,9,11,14,16-17H2,1-4H3,(H,37,40)(H,41,42)/b10-8+. The van der Waals surface area contributed by atoms with Gasteiger partial charge in [0.25, 0.3) is 0 Å². The highest BCUT2D eigenvalue weighted by Crippen LogP contribution is 2.45. The average Bonchev–Trinajstić information content (AvgIpc) is 3.33. The Morgan fingerprint density at radius 1 is 1.18 bits per heavy atom. The number of nitrogens with one attached hydrogen (secondary N) is 1. The van der Waals surface area contributed by atoms with Crippen molar-refractivity contribution in [1.82, 2.24) is 20.2 Å². The summed E-state index contributed by atoms with van der Waals surface area (Å²) in [5.41, 5.74) is 1.93. The van der Waals surface area contributed by atoms with E-state index in [-0.39, 0.29) is 30.7 Å². The summed E-state index contributed by atoms with van der Waals surface area (Å²) in [5.74, 6) is -0.308. The largest absolute Gasteiger partial charge is 0.496 e. The molecule has 1 saturated heterocycles. The number of aromatic nitrogens is 2. The first-order valence-corrected chi connectivity index (χ1v) is 16.6. The number of fused-ring (bicyclic) bond motifs is 3. The smallest absolute Gasteiger partial charge is 0.330 e. The molecule has 3 aromatic rings. The lowest BCUT2D eigenvalue weighted by molar-refractivity contribution is -0.145. The van der Waals surface area contributed by atoms with Gasteiger partial charge in [-0.25, -0.2) is 14.8 Å². The Bertz CT molecular complexity index is 1670. The fraction of sp³-hybridized carbons (Fsp3) is 0.500. The molecule has 1 aliphatic carbocycles. The summed E-state index contributed by atoms with van der Waals surface area (Å²) in [6.45, 7) is 6.38. The van der Waals surface area contributed by atoms with Crippen LogP contribution in [0.2, 0.25) is 0 Å². The summed E-state index contributed by atoms with van der Waals surface area (Å²) in [7, 11) is 1.62. The molecule has 6 rings (SSSR count). The highest BCUT2D eigenvalue weighted by molar-refractivity contribution is 7.13. The molecule has 1 aromatic carbocycles. The number of carbonyl (C=O) groups is 3. The lowest BCUT2D eigenvalue weighted by atomic mass is 10.1. The number of methoxy groups -OCH3 is 1. The van der Waals surface area contributed by atoms with E-state index in [1.54, 1.807) is 12.0 Å². The maximum absolute atomic E-state index is 13.7. The Labute approximate surface area is 266 Å². The van der Waals surface area contributed by atoms with E-state index >= 15 is 0 Å². The van der Waals surface area contributed by atoms with Crippen LogP contribution in [0.1, 0.15) is 76.0 Å². The van der Waals surface area contributed by atoms with Crippen LogP contribution in [0.5, 0.6) is 11.5 Å². The summed E-state index contributed by atoms with van der Waals surface area (Å²) in [6, 6.07) is 4.85. The van der Waals surface area contributed by atoms with Gasteiger partial charge in [-0.1, -0.05) is 32.4 Å². The van der Waals surface area contributed by atoms with E-state index < -0.39 is 29.6 Å². The van der Waals surface area contributed by atoms with E-state index in [0.29, 0.717) is 30.0 Å². The van der Waals surface area contributed by atoms with Gasteiger partial charge in [0.1, 0.15) is 39.9 Å². The van der Waals surface area contributed by atoms with E-state index in [1.165, 1.54) is 11.3 Å². The predicted octanol–water partition coefficient (Wildman–Crippen LogP) is 5.63. The van der Waals surface area contributed by atoms with Crippen LogP contribution in [0, 0.1) is 12.8 Å². The second kappa shape index (κ2) is 12.4. The van der Waals surface area contributed by atoms with E-state index in [9.17, 15) is 19.5 Å². The maximum atomic E-state index is 13.7. The van der Waals surface area contributed by atoms with Gasteiger partial charge in [0.05, 0.1) is 24.9 Å². The molecule has 238 valence electrons. The molecule has 4 heterocycles. The van der Waals surface area contributed by atoms with E-state index in [1.807, 2.05) is 42.7 Å². The molecular weight excluding hydrogens is 592 g/mol. The molecule has 2 aliphatic heterocycles. The minimum atomic E-state index is -1.33. The van der Waals surface area contributed by atoms with Gasteiger partial charge in [0.15, 0.2) is 0 Å². The Morgan fingerprint density at radius 2 is 2.00 bits per heavy atom. The van der Waals surface area contributed by atoms with Crippen molar-refractivity contribution >= 4 is 40.0 Å². The van der Waals surface area contributed by atoms with Crippen molar-refractivity contribution < 1.29 is 29.0 Å². The van der Waals surface area contributed by atoms with E-state index in [0.717, 1.165) is 52.9 Å². The van der Waals surface area contributed by atoms with Gasteiger partial charge >= 0.3 is 5.97 Å². The van der Waals surface area contributed by atoms with Crippen molar-refractivity contribution in [2.24, 2.45) is 5.92 Å². The molecule has 2 aromatic heterocycles. The third-order valence-corrected chi connectivity index (χ3v) is 10.1. The monoisotopic (exact) mass is 632 g/mol. The zero-order valence-corrected chi connectivity index (χ0v) is 27.0. The topological polar surface area (TPSA) is 131 Å². The van der Waals surface area contributed by atoms with Gasteiger partial charge < -0.3 is 24.8 Å². The molecule has 45 heavy (non-hydrogen) atoms. The lowest BCUT2D eigenvalue weighted by Gasteiger charge is -2.25. The molecule has 0 spiro atoms. The van der Waals surface area contributed by atoms with Crippen LogP contribution in [0.15, 0.2) is 35.7 Å². The molecule has 10 nitrogen and oxygen atoms in total. The van der Waals surface area contributed by atoms with Crippen LogP contribution in [0.4, 0.5) is 0 Å². The number of aliphatic carboxylic acids is 1. The fourth-order valence-corrected chi connectivity index (χ4v) is 7.39. The van der Waals surface area contributed by atoms with Crippen molar-refractivity contribution in [2.45, 2.75) is 89.3 Å². The van der Waals surface area contributed by atoms with E-state index in [4.69, 9.17) is 19.4 Å². The Balaban J connectivity index is 1.33. The third-order valence-electron chi connectivity index (χ3n) is 9.25. The molecule has 1 saturated carbocycles. The Hall–Kier alpha value is -3.99. The number of allylic oxidation sites excluding steroid dienone is 1. The van der Waals surface area contributed by atoms with Crippen LogP contribution in [-0.2, 0) is 14.4 Å². The number of carboxylic acid groups (broad SMARTS) is 1. The van der Waals surface area contributed by atoms with Gasteiger partial charge in [0.2, 0.25) is 11.8 Å². The number of nitrogens with zero attached hydrogens (tertiary/aromatic N) is 3. The first kappa shape index (κ1) is 31.0. The summed E-state index contributed by atoms with van der Waals surface area (Å²) in [5, 5.41) is 16.5. The Morgan fingerprint density at radius 3 is 2.73 bits per heavy atom. The van der Waals surface area contributed by atoms with Crippen molar-refractivity contribution in [3.63, 3.8) is 0 Å². The van der Waals surface area contributed by atoms with Gasteiger partial charge in [-0.05, 0) is 50.7 Å². The number of thiazole rings is 1. The van der Waals surface area contributed by atoms with Crippen LogP contribution in [-0.4, -0.2) is 69.1 Å². The number of ether oxygens (including phenoxy) is 2. The lowest BCUT2D eigenvalue weighted by Crippen LogP contribution is -2.53. The number of carbonyl (C=O) groups excluding carboxylic acids is 2. The van der Waals surface area contributed by atoms with Crippen LogP contribution in [0.3, 0.4) is 0 Å². The van der Waals surface area contributed by atoms with Crippen LogP contribution < -0.4 is 14.8 Å². The molecule has 2 amide bonds. The summed E-state index contributed by atoms with van der Waals surface area (Å²) >= 11 is 1.53. The molecular formula is C34H40N4O6S. The molecule has 4 unspecified atom stereocenters. The number of carboxylic acids is 1.